The molecule has 3 rings (SSSR count). The maximum absolute atomic E-state index is 11.3. The van der Waals surface area contributed by atoms with E-state index in [1.54, 1.807) is 0 Å². The molecule has 0 bridgehead atoms. The molecule has 2 atom stereocenters. The largest absolute Gasteiger partial charge is 0.344 e. The van der Waals surface area contributed by atoms with Crippen LogP contribution in [0.5, 0.6) is 0 Å². The van der Waals surface area contributed by atoms with Gasteiger partial charge in [-0.2, -0.15) is 10.1 Å². The van der Waals surface area contributed by atoms with Gasteiger partial charge in [-0.15, -0.1) is 0 Å². The van der Waals surface area contributed by atoms with Gasteiger partial charge in [0.25, 0.3) is 0 Å². The van der Waals surface area contributed by atoms with Gasteiger partial charge in [-0.05, 0) is 38.2 Å². The molecule has 7 heteroatoms. The van der Waals surface area contributed by atoms with Crippen LogP contribution < -0.4 is 5.32 Å². The topological polar surface area (TPSA) is 96.7 Å². The molecule has 7 nitrogen and oxygen atoms in total. The highest BCUT2D eigenvalue weighted by atomic mass is 16.5. The van der Waals surface area contributed by atoms with Gasteiger partial charge in [0.15, 0.2) is 5.82 Å². The van der Waals surface area contributed by atoms with Crippen molar-refractivity contribution in [2.45, 2.75) is 52.0 Å². The quantitative estimate of drug-likeness (QED) is 0.902. The lowest BCUT2D eigenvalue weighted by atomic mass is 9.81. The Morgan fingerprint density at radius 2 is 2.27 bits per heavy atom. The minimum absolute atomic E-state index is 0.0376. The predicted molar refractivity (Wildman–Crippen MR) is 79.1 cm³/mol. The zero-order chi connectivity index (χ0) is 15.9. The van der Waals surface area contributed by atoms with E-state index in [9.17, 15) is 4.79 Å². The van der Waals surface area contributed by atoms with Gasteiger partial charge in [0.1, 0.15) is 0 Å². The van der Waals surface area contributed by atoms with Gasteiger partial charge in [0, 0.05) is 6.92 Å². The van der Waals surface area contributed by atoms with Gasteiger partial charge >= 0.3 is 0 Å². The van der Waals surface area contributed by atoms with Crippen molar-refractivity contribution in [2.75, 3.05) is 0 Å². The zero-order valence-corrected chi connectivity index (χ0v) is 13.3. The summed E-state index contributed by atoms with van der Waals surface area (Å²) in [6, 6.07) is 0. The van der Waals surface area contributed by atoms with Crippen molar-refractivity contribution in [3.63, 3.8) is 0 Å². The Hall–Kier alpha value is -2.18. The third kappa shape index (κ3) is 2.63. The van der Waals surface area contributed by atoms with E-state index in [2.05, 4.69) is 32.6 Å². The lowest BCUT2D eigenvalue weighted by Gasteiger charge is -2.24. The lowest BCUT2D eigenvalue weighted by Crippen LogP contribution is -2.40. The fourth-order valence-corrected chi connectivity index (χ4v) is 3.12. The molecule has 118 valence electrons. The Labute approximate surface area is 128 Å². The zero-order valence-electron chi connectivity index (χ0n) is 13.3. The highest BCUT2D eigenvalue weighted by molar-refractivity contribution is 5.73. The van der Waals surface area contributed by atoms with Gasteiger partial charge in [-0.25, -0.2) is 0 Å². The highest BCUT2D eigenvalue weighted by Gasteiger charge is 2.34. The second kappa shape index (κ2) is 5.23. The Morgan fingerprint density at radius 3 is 3.00 bits per heavy atom. The maximum atomic E-state index is 11.3. The summed E-state index contributed by atoms with van der Waals surface area (Å²) in [5.74, 6) is 1.50. The Balaban J connectivity index is 1.90. The molecule has 2 aromatic rings. The number of fused-ring (bicyclic) bond motifs is 1. The smallest absolute Gasteiger partial charge is 0.235 e. The molecule has 0 aromatic carbocycles. The number of aromatic amines is 1. The van der Waals surface area contributed by atoms with E-state index in [0.717, 1.165) is 18.5 Å². The molecule has 0 spiro atoms. The minimum atomic E-state index is -0.662. The van der Waals surface area contributed by atoms with Crippen LogP contribution in [0.1, 0.15) is 63.0 Å². The lowest BCUT2D eigenvalue weighted by molar-refractivity contribution is -0.120. The van der Waals surface area contributed by atoms with E-state index >= 15 is 0 Å². The van der Waals surface area contributed by atoms with Crippen LogP contribution in [-0.2, 0) is 16.8 Å². The number of nitrogens with one attached hydrogen (secondary N) is 2. The Bertz CT molecular complexity index is 688. The SMILES string of the molecule is CC(=O)NC(C)(C)c1noc(C2CC(C)Cc3cn[nH]c32)n1. The van der Waals surface area contributed by atoms with E-state index < -0.39 is 5.54 Å². The first-order chi connectivity index (χ1) is 10.4. The normalized spacial score (nSPS) is 21.5. The van der Waals surface area contributed by atoms with Gasteiger partial charge < -0.3 is 9.84 Å². The maximum Gasteiger partial charge on any atom is 0.235 e. The van der Waals surface area contributed by atoms with Gasteiger partial charge in [0.2, 0.25) is 11.8 Å². The summed E-state index contributed by atoms with van der Waals surface area (Å²) >= 11 is 0. The number of aromatic nitrogens is 4. The third-order valence-electron chi connectivity index (χ3n) is 4.09. The molecule has 1 aliphatic rings. The third-order valence-corrected chi connectivity index (χ3v) is 4.09. The summed E-state index contributed by atoms with van der Waals surface area (Å²) in [5.41, 5.74) is 1.61. The minimum Gasteiger partial charge on any atom is -0.344 e. The van der Waals surface area contributed by atoms with Crippen LogP contribution in [0.15, 0.2) is 10.7 Å². The molecule has 0 fully saturated rings. The summed E-state index contributed by atoms with van der Waals surface area (Å²) in [6.07, 6.45) is 3.83. The van der Waals surface area contributed by atoms with Crippen molar-refractivity contribution in [3.05, 3.63) is 29.2 Å². The highest BCUT2D eigenvalue weighted by Crippen LogP contribution is 2.37. The van der Waals surface area contributed by atoms with Gasteiger partial charge in [-0.3, -0.25) is 9.89 Å². The molecule has 0 saturated carbocycles. The van der Waals surface area contributed by atoms with E-state index in [-0.39, 0.29) is 11.8 Å². The van der Waals surface area contributed by atoms with Crippen molar-refractivity contribution >= 4 is 5.91 Å². The summed E-state index contributed by atoms with van der Waals surface area (Å²) in [5, 5.41) is 14.1. The van der Waals surface area contributed by atoms with Crippen LogP contribution in [0, 0.1) is 5.92 Å². The summed E-state index contributed by atoms with van der Waals surface area (Å²) in [6.45, 7) is 7.40. The number of H-pyrrole nitrogens is 1. The van der Waals surface area contributed by atoms with Crippen LogP contribution in [0.2, 0.25) is 0 Å². The van der Waals surface area contributed by atoms with E-state index in [1.165, 1.54) is 12.5 Å². The number of hydrogen-bond acceptors (Lipinski definition) is 5. The Morgan fingerprint density at radius 1 is 1.50 bits per heavy atom. The molecule has 0 saturated heterocycles. The second-order valence-corrected chi connectivity index (χ2v) is 6.67. The first-order valence-corrected chi connectivity index (χ1v) is 7.52. The summed E-state index contributed by atoms with van der Waals surface area (Å²) in [7, 11) is 0. The fraction of sp³-hybridized carbons (Fsp3) is 0.600. The number of carbonyl (C=O) groups excluding carboxylic acids is 1. The first-order valence-electron chi connectivity index (χ1n) is 7.52. The molecule has 0 aliphatic heterocycles. The molecule has 2 heterocycles. The van der Waals surface area contributed by atoms with Crippen molar-refractivity contribution in [3.8, 4) is 0 Å². The molecule has 2 aromatic heterocycles. The van der Waals surface area contributed by atoms with Gasteiger partial charge in [0.05, 0.1) is 23.3 Å². The number of rotatable bonds is 3. The number of amides is 1. The van der Waals surface area contributed by atoms with Crippen LogP contribution in [0.3, 0.4) is 0 Å². The number of hydrogen-bond donors (Lipinski definition) is 2. The average Bonchev–Trinajstić information content (AvgIpc) is 3.04. The monoisotopic (exact) mass is 303 g/mol. The first kappa shape index (κ1) is 14.7. The second-order valence-electron chi connectivity index (χ2n) is 6.67. The summed E-state index contributed by atoms with van der Waals surface area (Å²) < 4.78 is 5.49. The molecular weight excluding hydrogens is 282 g/mol. The molecule has 0 radical (unpaired) electrons. The molecule has 22 heavy (non-hydrogen) atoms. The van der Waals surface area contributed by atoms with E-state index in [0.29, 0.717) is 17.6 Å². The standard InChI is InChI=1S/C15H21N5O2/c1-8-5-10-7-16-19-12(10)11(6-8)13-17-14(20-22-13)15(3,4)18-9(2)21/h7-8,11H,5-6H2,1-4H3,(H,16,19)(H,18,21). The van der Waals surface area contributed by atoms with Crippen LogP contribution in [0.4, 0.5) is 0 Å². The summed E-state index contributed by atoms with van der Waals surface area (Å²) in [4.78, 5) is 15.8. The Kier molecular flexibility index (Phi) is 3.50. The molecule has 2 unspecified atom stereocenters. The van der Waals surface area contributed by atoms with Crippen LogP contribution >= 0.6 is 0 Å². The number of carbonyl (C=O) groups is 1. The molecule has 1 amide bonds. The van der Waals surface area contributed by atoms with E-state index in [1.807, 2.05) is 20.0 Å². The van der Waals surface area contributed by atoms with Crippen LogP contribution in [0.25, 0.3) is 0 Å². The van der Waals surface area contributed by atoms with E-state index in [4.69, 9.17) is 4.52 Å². The van der Waals surface area contributed by atoms with Crippen molar-refractivity contribution in [1.29, 1.82) is 0 Å². The van der Waals surface area contributed by atoms with Crippen molar-refractivity contribution < 1.29 is 9.32 Å². The van der Waals surface area contributed by atoms with Crippen LogP contribution in [-0.4, -0.2) is 26.2 Å². The number of nitrogens with zero attached hydrogens (tertiary/aromatic N) is 3. The van der Waals surface area contributed by atoms with Crippen molar-refractivity contribution in [1.82, 2.24) is 25.7 Å². The molecule has 1 aliphatic carbocycles. The average molecular weight is 303 g/mol. The van der Waals surface area contributed by atoms with Crippen molar-refractivity contribution in [2.24, 2.45) is 5.92 Å². The predicted octanol–water partition coefficient (Wildman–Crippen LogP) is 1.88. The van der Waals surface area contributed by atoms with Gasteiger partial charge in [-0.1, -0.05) is 12.1 Å². The molecular formula is C15H21N5O2. The molecule has 2 N–H and O–H groups in total. The fourth-order valence-electron chi connectivity index (χ4n) is 3.12.